The Morgan fingerprint density at radius 2 is 2.12 bits per heavy atom. The number of hydrogen-bond acceptors (Lipinski definition) is 5. The minimum Gasteiger partial charge on any atom is -0.479 e. The van der Waals surface area contributed by atoms with Gasteiger partial charge in [0.05, 0.1) is 0 Å². The van der Waals surface area contributed by atoms with Gasteiger partial charge in [-0.05, 0) is 12.5 Å². The van der Waals surface area contributed by atoms with Crippen molar-refractivity contribution in [2.75, 3.05) is 5.32 Å². The summed E-state index contributed by atoms with van der Waals surface area (Å²) in [7, 11) is 0. The van der Waals surface area contributed by atoms with Crippen LogP contribution in [-0.2, 0) is 10.3 Å². The fourth-order valence-electron chi connectivity index (χ4n) is 1.46. The quantitative estimate of drug-likeness (QED) is 0.866. The van der Waals surface area contributed by atoms with Gasteiger partial charge in [0.1, 0.15) is 6.33 Å². The Bertz CT molecular complexity index is 501. The van der Waals surface area contributed by atoms with Gasteiger partial charge in [-0.15, -0.1) is 0 Å². The predicted molar refractivity (Wildman–Crippen MR) is 65.0 cm³/mol. The van der Waals surface area contributed by atoms with Gasteiger partial charge in [-0.2, -0.15) is 4.37 Å². The van der Waals surface area contributed by atoms with Gasteiger partial charge in [0.15, 0.2) is 5.54 Å². The van der Waals surface area contributed by atoms with E-state index in [1.807, 2.05) is 6.07 Å². The van der Waals surface area contributed by atoms with Crippen molar-refractivity contribution in [2.45, 2.75) is 12.5 Å². The molecule has 88 valence electrons. The number of nitrogens with one attached hydrogen (secondary N) is 1. The van der Waals surface area contributed by atoms with Crippen LogP contribution in [0.25, 0.3) is 0 Å². The lowest BCUT2D eigenvalue weighted by molar-refractivity contribution is -0.142. The maximum atomic E-state index is 11.4. The number of benzene rings is 1. The molecule has 2 N–H and O–H groups in total. The van der Waals surface area contributed by atoms with E-state index in [0.717, 1.165) is 11.5 Å². The van der Waals surface area contributed by atoms with Crippen molar-refractivity contribution in [3.05, 3.63) is 42.2 Å². The lowest BCUT2D eigenvalue weighted by Crippen LogP contribution is -2.40. The molecule has 0 aliphatic heterocycles. The van der Waals surface area contributed by atoms with E-state index in [4.69, 9.17) is 0 Å². The molecule has 0 saturated carbocycles. The number of carboxylic acids is 1. The number of anilines is 1. The molecule has 1 aromatic carbocycles. The fourth-order valence-corrected chi connectivity index (χ4v) is 2.00. The van der Waals surface area contributed by atoms with Crippen LogP contribution in [0.3, 0.4) is 0 Å². The van der Waals surface area contributed by atoms with Gasteiger partial charge in [-0.25, -0.2) is 9.78 Å². The second kappa shape index (κ2) is 4.50. The second-order valence-electron chi connectivity index (χ2n) is 3.67. The minimum absolute atomic E-state index is 0.485. The van der Waals surface area contributed by atoms with Gasteiger partial charge in [0.2, 0.25) is 5.13 Å². The molecule has 0 aliphatic rings. The first-order valence-electron chi connectivity index (χ1n) is 4.97. The molecule has 2 rings (SSSR count). The van der Waals surface area contributed by atoms with Crippen molar-refractivity contribution in [2.24, 2.45) is 0 Å². The van der Waals surface area contributed by atoms with Crippen molar-refractivity contribution in [3.8, 4) is 0 Å². The van der Waals surface area contributed by atoms with E-state index in [1.165, 1.54) is 6.33 Å². The van der Waals surface area contributed by atoms with Crippen molar-refractivity contribution < 1.29 is 9.90 Å². The van der Waals surface area contributed by atoms with E-state index in [1.54, 1.807) is 31.2 Å². The van der Waals surface area contributed by atoms with Gasteiger partial charge in [0.25, 0.3) is 0 Å². The lowest BCUT2D eigenvalue weighted by Gasteiger charge is -2.26. The summed E-state index contributed by atoms with van der Waals surface area (Å²) in [5, 5.41) is 12.8. The highest BCUT2D eigenvalue weighted by atomic mass is 32.1. The molecule has 1 atom stereocenters. The molecular formula is C11H11N3O2S. The average molecular weight is 249 g/mol. The van der Waals surface area contributed by atoms with Gasteiger partial charge in [-0.3, -0.25) is 0 Å². The second-order valence-corrected chi connectivity index (χ2v) is 4.45. The van der Waals surface area contributed by atoms with Crippen LogP contribution in [0.1, 0.15) is 12.5 Å². The third-order valence-electron chi connectivity index (χ3n) is 2.50. The zero-order chi connectivity index (χ0) is 12.3. The number of carboxylic acid groups (broad SMARTS) is 1. The summed E-state index contributed by atoms with van der Waals surface area (Å²) < 4.78 is 3.83. The normalized spacial score (nSPS) is 13.9. The van der Waals surface area contributed by atoms with Crippen LogP contribution >= 0.6 is 11.5 Å². The first kappa shape index (κ1) is 11.5. The molecular weight excluding hydrogens is 238 g/mol. The van der Waals surface area contributed by atoms with Crippen LogP contribution in [0.5, 0.6) is 0 Å². The van der Waals surface area contributed by atoms with E-state index in [0.29, 0.717) is 10.7 Å². The number of nitrogens with zero attached hydrogens (tertiary/aromatic N) is 2. The van der Waals surface area contributed by atoms with E-state index >= 15 is 0 Å². The highest BCUT2D eigenvalue weighted by molar-refractivity contribution is 7.09. The standard InChI is InChI=1S/C11H11N3O2S/c1-11(9(15)16,8-5-3-2-4-6-8)14-10-12-7-13-17-10/h2-7H,1H3,(H,15,16)(H,12,13,14). The van der Waals surface area contributed by atoms with Crippen LogP contribution in [0.4, 0.5) is 5.13 Å². The molecule has 1 heterocycles. The average Bonchev–Trinajstić information content (AvgIpc) is 2.82. The molecule has 0 saturated heterocycles. The summed E-state index contributed by atoms with van der Waals surface area (Å²) >= 11 is 1.13. The zero-order valence-corrected chi connectivity index (χ0v) is 9.94. The molecule has 5 nitrogen and oxygen atoms in total. The van der Waals surface area contributed by atoms with Crippen LogP contribution < -0.4 is 5.32 Å². The molecule has 0 aliphatic carbocycles. The van der Waals surface area contributed by atoms with Gasteiger partial charge in [-0.1, -0.05) is 30.3 Å². The molecule has 6 heteroatoms. The van der Waals surface area contributed by atoms with Crippen molar-refractivity contribution >= 4 is 22.6 Å². The highest BCUT2D eigenvalue weighted by Gasteiger charge is 2.35. The first-order valence-corrected chi connectivity index (χ1v) is 5.74. The maximum absolute atomic E-state index is 11.4. The molecule has 1 aromatic heterocycles. The topological polar surface area (TPSA) is 75.1 Å². The van der Waals surface area contributed by atoms with E-state index in [2.05, 4.69) is 14.7 Å². The van der Waals surface area contributed by atoms with Crippen molar-refractivity contribution in [3.63, 3.8) is 0 Å². The Kier molecular flexibility index (Phi) is 3.06. The molecule has 0 amide bonds. The van der Waals surface area contributed by atoms with Crippen molar-refractivity contribution in [1.29, 1.82) is 0 Å². The Hall–Kier alpha value is -1.95. The summed E-state index contributed by atoms with van der Waals surface area (Å²) in [4.78, 5) is 15.4. The Labute approximate surface area is 102 Å². The lowest BCUT2D eigenvalue weighted by atomic mass is 9.92. The maximum Gasteiger partial charge on any atom is 0.333 e. The first-order chi connectivity index (χ1) is 8.13. The number of rotatable bonds is 4. The molecule has 1 unspecified atom stereocenters. The Morgan fingerprint density at radius 3 is 2.65 bits per heavy atom. The SMILES string of the molecule is CC(Nc1ncns1)(C(=O)O)c1ccccc1. The Balaban J connectivity index is 2.37. The molecule has 0 fully saturated rings. The number of carbonyl (C=O) groups is 1. The minimum atomic E-state index is -1.21. The summed E-state index contributed by atoms with van der Waals surface area (Å²) in [6.07, 6.45) is 1.39. The third kappa shape index (κ3) is 2.26. The monoisotopic (exact) mass is 249 g/mol. The molecule has 2 aromatic rings. The van der Waals surface area contributed by atoms with E-state index in [9.17, 15) is 9.90 Å². The number of aromatic nitrogens is 2. The van der Waals surface area contributed by atoms with Crippen LogP contribution in [0, 0.1) is 0 Å². The zero-order valence-electron chi connectivity index (χ0n) is 9.12. The van der Waals surface area contributed by atoms with Gasteiger partial charge < -0.3 is 10.4 Å². The predicted octanol–water partition coefficient (Wildman–Crippen LogP) is 1.95. The molecule has 0 bridgehead atoms. The number of hydrogen-bond donors (Lipinski definition) is 2. The number of aliphatic carboxylic acids is 1. The van der Waals surface area contributed by atoms with Crippen molar-refractivity contribution in [1.82, 2.24) is 9.36 Å². The summed E-state index contributed by atoms with van der Waals surface area (Å²) in [5.74, 6) is -0.959. The summed E-state index contributed by atoms with van der Waals surface area (Å²) in [5.41, 5.74) is -0.538. The van der Waals surface area contributed by atoms with E-state index < -0.39 is 11.5 Å². The summed E-state index contributed by atoms with van der Waals surface area (Å²) in [6.45, 7) is 1.60. The van der Waals surface area contributed by atoms with Crippen LogP contribution in [-0.4, -0.2) is 20.4 Å². The largest absolute Gasteiger partial charge is 0.479 e. The molecule has 17 heavy (non-hydrogen) atoms. The van der Waals surface area contributed by atoms with Gasteiger partial charge in [0, 0.05) is 11.5 Å². The van der Waals surface area contributed by atoms with Crippen LogP contribution in [0.2, 0.25) is 0 Å². The van der Waals surface area contributed by atoms with Crippen LogP contribution in [0.15, 0.2) is 36.7 Å². The summed E-state index contributed by atoms with van der Waals surface area (Å²) in [6, 6.07) is 8.98. The molecule has 0 spiro atoms. The third-order valence-corrected chi connectivity index (χ3v) is 3.08. The van der Waals surface area contributed by atoms with Gasteiger partial charge >= 0.3 is 5.97 Å². The fraction of sp³-hybridized carbons (Fsp3) is 0.182. The highest BCUT2D eigenvalue weighted by Crippen LogP contribution is 2.26. The smallest absolute Gasteiger partial charge is 0.333 e. The van der Waals surface area contributed by atoms with E-state index in [-0.39, 0.29) is 0 Å². The Morgan fingerprint density at radius 1 is 1.41 bits per heavy atom. The molecule has 0 radical (unpaired) electrons.